The fourth-order valence-corrected chi connectivity index (χ4v) is 4.13. The number of rotatable bonds is 4. The van der Waals surface area contributed by atoms with Gasteiger partial charge in [0.05, 0.1) is 17.3 Å². The van der Waals surface area contributed by atoms with Crippen LogP contribution in [-0.2, 0) is 6.54 Å². The summed E-state index contributed by atoms with van der Waals surface area (Å²) >= 11 is 1.72. The second kappa shape index (κ2) is 7.69. The lowest BCUT2D eigenvalue weighted by molar-refractivity contribution is 0.250. The first kappa shape index (κ1) is 16.8. The van der Waals surface area contributed by atoms with Gasteiger partial charge in [-0.05, 0) is 17.7 Å². The van der Waals surface area contributed by atoms with Crippen LogP contribution >= 0.6 is 11.3 Å². The van der Waals surface area contributed by atoms with E-state index in [0.29, 0.717) is 0 Å². The van der Waals surface area contributed by atoms with E-state index in [0.717, 1.165) is 49.1 Å². The minimum Gasteiger partial charge on any atom is -0.346 e. The molecule has 26 heavy (non-hydrogen) atoms. The van der Waals surface area contributed by atoms with Gasteiger partial charge in [0.2, 0.25) is 0 Å². The molecule has 130 valence electrons. The van der Waals surface area contributed by atoms with Gasteiger partial charge in [-0.3, -0.25) is 4.90 Å². The van der Waals surface area contributed by atoms with Crippen molar-refractivity contribution in [3.63, 3.8) is 0 Å². The molecule has 0 saturated carbocycles. The molecule has 0 radical (unpaired) electrons. The van der Waals surface area contributed by atoms with E-state index < -0.39 is 0 Å². The Morgan fingerprint density at radius 3 is 2.58 bits per heavy atom. The zero-order valence-corrected chi connectivity index (χ0v) is 15.3. The van der Waals surface area contributed by atoms with E-state index >= 15 is 0 Å². The first-order valence-corrected chi connectivity index (χ1v) is 9.67. The predicted octanol–water partition coefficient (Wildman–Crippen LogP) is 4.00. The minimum absolute atomic E-state index is 0.734. The van der Waals surface area contributed by atoms with Crippen LogP contribution in [0.2, 0.25) is 0 Å². The molecule has 0 amide bonds. The third kappa shape index (κ3) is 3.77. The molecule has 0 spiro atoms. The Hall–Kier alpha value is -2.68. The van der Waals surface area contributed by atoms with Gasteiger partial charge in [0, 0.05) is 43.7 Å². The fourth-order valence-electron chi connectivity index (χ4n) is 3.25. The standard InChI is InChI=1S/C21H20N4S/c22-14-17-5-4-6-18(13-17)15-24-9-11-25(12-10-24)21-23-20(16-26-21)19-7-2-1-3-8-19/h1-8,13,16H,9-12,15H2. The Morgan fingerprint density at radius 1 is 1.00 bits per heavy atom. The SMILES string of the molecule is N#Cc1cccc(CN2CCN(c3nc(-c4ccccc4)cs3)CC2)c1. The van der Waals surface area contributed by atoms with E-state index in [1.54, 1.807) is 11.3 Å². The monoisotopic (exact) mass is 360 g/mol. The third-order valence-corrected chi connectivity index (χ3v) is 5.57. The molecule has 0 unspecified atom stereocenters. The van der Waals surface area contributed by atoms with E-state index in [9.17, 15) is 0 Å². The predicted molar refractivity (Wildman–Crippen MR) is 106 cm³/mol. The number of anilines is 1. The maximum Gasteiger partial charge on any atom is 0.185 e. The second-order valence-corrected chi connectivity index (χ2v) is 7.29. The summed E-state index contributed by atoms with van der Waals surface area (Å²) in [4.78, 5) is 9.64. The van der Waals surface area contributed by atoms with Gasteiger partial charge in [-0.25, -0.2) is 4.98 Å². The summed E-state index contributed by atoms with van der Waals surface area (Å²) in [5, 5.41) is 12.3. The van der Waals surface area contributed by atoms with Gasteiger partial charge in [0.15, 0.2) is 5.13 Å². The molecule has 5 heteroatoms. The highest BCUT2D eigenvalue weighted by Gasteiger charge is 2.19. The maximum absolute atomic E-state index is 9.04. The van der Waals surface area contributed by atoms with Crippen LogP contribution in [0, 0.1) is 11.3 Å². The number of nitrogens with zero attached hydrogens (tertiary/aromatic N) is 4. The molecule has 3 aromatic rings. The lowest BCUT2D eigenvalue weighted by Crippen LogP contribution is -2.45. The Kier molecular flexibility index (Phi) is 4.96. The van der Waals surface area contributed by atoms with Crippen LogP contribution < -0.4 is 4.90 Å². The molecule has 1 aliphatic rings. The molecule has 1 fully saturated rings. The molecule has 0 atom stereocenters. The van der Waals surface area contributed by atoms with Gasteiger partial charge in [-0.15, -0.1) is 11.3 Å². The van der Waals surface area contributed by atoms with E-state index in [4.69, 9.17) is 10.2 Å². The average Bonchev–Trinajstić information content (AvgIpc) is 3.20. The molecule has 0 bridgehead atoms. The first-order chi connectivity index (χ1) is 12.8. The van der Waals surface area contributed by atoms with Crippen molar-refractivity contribution in [2.45, 2.75) is 6.54 Å². The van der Waals surface area contributed by atoms with Crippen LogP contribution in [-0.4, -0.2) is 36.1 Å². The quantitative estimate of drug-likeness (QED) is 0.705. The van der Waals surface area contributed by atoms with Crippen molar-refractivity contribution in [3.05, 3.63) is 71.1 Å². The number of piperazine rings is 1. The highest BCUT2D eigenvalue weighted by Crippen LogP contribution is 2.28. The summed E-state index contributed by atoms with van der Waals surface area (Å²) in [5.74, 6) is 0. The molecule has 0 aliphatic carbocycles. The molecule has 1 saturated heterocycles. The number of nitriles is 1. The molecule has 2 aromatic carbocycles. The average molecular weight is 360 g/mol. The zero-order valence-electron chi connectivity index (χ0n) is 14.5. The third-order valence-electron chi connectivity index (χ3n) is 4.67. The maximum atomic E-state index is 9.04. The molecule has 0 N–H and O–H groups in total. The summed E-state index contributed by atoms with van der Waals surface area (Å²) < 4.78 is 0. The summed E-state index contributed by atoms with van der Waals surface area (Å²) in [5.41, 5.74) is 4.17. The van der Waals surface area contributed by atoms with Crippen molar-refractivity contribution in [1.82, 2.24) is 9.88 Å². The summed E-state index contributed by atoms with van der Waals surface area (Å²) in [7, 11) is 0. The summed E-state index contributed by atoms with van der Waals surface area (Å²) in [6.07, 6.45) is 0. The van der Waals surface area contributed by atoms with Gasteiger partial charge in [0.25, 0.3) is 0 Å². The Labute approximate surface area is 158 Å². The van der Waals surface area contributed by atoms with Gasteiger partial charge < -0.3 is 4.90 Å². The molecule has 2 heterocycles. The smallest absolute Gasteiger partial charge is 0.185 e. The topological polar surface area (TPSA) is 43.2 Å². The van der Waals surface area contributed by atoms with Crippen molar-refractivity contribution in [2.75, 3.05) is 31.1 Å². The minimum atomic E-state index is 0.734. The van der Waals surface area contributed by atoms with Crippen molar-refractivity contribution in [2.24, 2.45) is 0 Å². The Balaban J connectivity index is 1.36. The molecule has 4 nitrogen and oxygen atoms in total. The Morgan fingerprint density at radius 2 is 1.81 bits per heavy atom. The summed E-state index contributed by atoms with van der Waals surface area (Å²) in [6.45, 7) is 4.89. The highest BCUT2D eigenvalue weighted by atomic mass is 32.1. The van der Waals surface area contributed by atoms with Gasteiger partial charge in [0.1, 0.15) is 0 Å². The van der Waals surface area contributed by atoms with Crippen molar-refractivity contribution >= 4 is 16.5 Å². The molecular weight excluding hydrogens is 340 g/mol. The van der Waals surface area contributed by atoms with Crippen molar-refractivity contribution in [1.29, 1.82) is 5.26 Å². The lowest BCUT2D eigenvalue weighted by Gasteiger charge is -2.34. The fraction of sp³-hybridized carbons (Fsp3) is 0.238. The van der Waals surface area contributed by atoms with Crippen LogP contribution in [0.25, 0.3) is 11.3 Å². The summed E-state index contributed by atoms with van der Waals surface area (Å²) in [6, 6.07) is 20.5. The number of hydrogen-bond acceptors (Lipinski definition) is 5. The van der Waals surface area contributed by atoms with Crippen molar-refractivity contribution in [3.8, 4) is 17.3 Å². The van der Waals surface area contributed by atoms with E-state index in [1.807, 2.05) is 24.3 Å². The van der Waals surface area contributed by atoms with Gasteiger partial charge >= 0.3 is 0 Å². The number of benzene rings is 2. The van der Waals surface area contributed by atoms with Gasteiger partial charge in [-0.1, -0.05) is 42.5 Å². The highest BCUT2D eigenvalue weighted by molar-refractivity contribution is 7.14. The van der Waals surface area contributed by atoms with Crippen LogP contribution in [0.4, 0.5) is 5.13 Å². The molecule has 1 aliphatic heterocycles. The van der Waals surface area contributed by atoms with Gasteiger partial charge in [-0.2, -0.15) is 5.26 Å². The number of thiazole rings is 1. The molecular formula is C21H20N4S. The second-order valence-electron chi connectivity index (χ2n) is 6.46. The lowest BCUT2D eigenvalue weighted by atomic mass is 10.1. The van der Waals surface area contributed by atoms with E-state index in [1.165, 1.54) is 11.1 Å². The van der Waals surface area contributed by atoms with Crippen molar-refractivity contribution < 1.29 is 0 Å². The van der Waals surface area contributed by atoms with Crippen LogP contribution in [0.3, 0.4) is 0 Å². The Bertz CT molecular complexity index is 905. The number of hydrogen-bond donors (Lipinski definition) is 0. The molecule has 1 aromatic heterocycles. The van der Waals surface area contributed by atoms with Crippen LogP contribution in [0.15, 0.2) is 60.0 Å². The van der Waals surface area contributed by atoms with Crippen LogP contribution in [0.5, 0.6) is 0 Å². The van der Waals surface area contributed by atoms with E-state index in [-0.39, 0.29) is 0 Å². The normalized spacial score (nSPS) is 15.0. The van der Waals surface area contributed by atoms with E-state index in [2.05, 4.69) is 51.6 Å². The molecule has 4 rings (SSSR count). The number of aromatic nitrogens is 1. The van der Waals surface area contributed by atoms with Crippen LogP contribution in [0.1, 0.15) is 11.1 Å². The zero-order chi connectivity index (χ0) is 17.8. The first-order valence-electron chi connectivity index (χ1n) is 8.79. The largest absolute Gasteiger partial charge is 0.346 e.